The zero-order valence-electron chi connectivity index (χ0n) is 14.1. The molecule has 0 atom stereocenters. The maximum atomic E-state index is 11.9. The third kappa shape index (κ3) is 2.78. The largest absolute Gasteiger partial charge is 0.508 e. The predicted molar refractivity (Wildman–Crippen MR) is 97.2 cm³/mol. The Morgan fingerprint density at radius 1 is 1.27 bits per heavy atom. The van der Waals surface area contributed by atoms with Crippen LogP contribution >= 0.6 is 11.8 Å². The van der Waals surface area contributed by atoms with Crippen LogP contribution in [0, 0.1) is 6.92 Å². The number of fused-ring (bicyclic) bond motifs is 1. The van der Waals surface area contributed by atoms with Gasteiger partial charge in [0.2, 0.25) is 0 Å². The van der Waals surface area contributed by atoms with E-state index in [1.165, 1.54) is 17.8 Å². The summed E-state index contributed by atoms with van der Waals surface area (Å²) in [6.07, 6.45) is 1.59. The number of aromatic hydroxyl groups is 1. The average molecular weight is 369 g/mol. The molecule has 0 fully saturated rings. The Hall–Kier alpha value is -3.00. The van der Waals surface area contributed by atoms with Crippen LogP contribution in [0.15, 0.2) is 55.4 Å². The van der Waals surface area contributed by atoms with Gasteiger partial charge in [-0.3, -0.25) is 0 Å². The van der Waals surface area contributed by atoms with Gasteiger partial charge in [0.15, 0.2) is 16.7 Å². The first-order valence-corrected chi connectivity index (χ1v) is 8.84. The van der Waals surface area contributed by atoms with Gasteiger partial charge in [-0.05, 0) is 36.8 Å². The van der Waals surface area contributed by atoms with Crippen molar-refractivity contribution in [2.75, 3.05) is 0 Å². The van der Waals surface area contributed by atoms with Crippen molar-refractivity contribution in [2.45, 2.75) is 17.8 Å². The maximum Gasteiger partial charge on any atom is 0.336 e. The quantitative estimate of drug-likeness (QED) is 0.435. The van der Waals surface area contributed by atoms with Crippen molar-refractivity contribution < 1.29 is 13.9 Å². The van der Waals surface area contributed by atoms with E-state index in [0.717, 1.165) is 10.9 Å². The van der Waals surface area contributed by atoms with Crippen LogP contribution < -0.4 is 5.63 Å². The number of hydrogen-bond acceptors (Lipinski definition) is 7. The summed E-state index contributed by atoms with van der Waals surface area (Å²) in [7, 11) is 1.86. The van der Waals surface area contributed by atoms with Crippen molar-refractivity contribution in [1.29, 1.82) is 0 Å². The van der Waals surface area contributed by atoms with Crippen LogP contribution in [-0.2, 0) is 12.8 Å². The lowest BCUT2D eigenvalue weighted by molar-refractivity contribution is 0.468. The van der Waals surface area contributed by atoms with Gasteiger partial charge in [0.25, 0.3) is 0 Å². The molecule has 3 heterocycles. The van der Waals surface area contributed by atoms with Crippen LogP contribution in [0.5, 0.6) is 5.75 Å². The molecule has 0 saturated carbocycles. The lowest BCUT2D eigenvalue weighted by Crippen LogP contribution is -2.01. The number of phenolic OH excluding ortho intramolecular Hbond substituents is 1. The molecule has 1 aromatic carbocycles. The molecule has 0 aliphatic heterocycles. The molecule has 0 aliphatic carbocycles. The van der Waals surface area contributed by atoms with E-state index in [1.54, 1.807) is 31.4 Å². The average Bonchev–Trinajstić information content (AvgIpc) is 3.26. The Balaban J connectivity index is 1.67. The molecule has 7 nitrogen and oxygen atoms in total. The van der Waals surface area contributed by atoms with Crippen molar-refractivity contribution in [3.8, 4) is 17.3 Å². The minimum atomic E-state index is -0.448. The maximum absolute atomic E-state index is 11.9. The normalized spacial score (nSPS) is 11.3. The summed E-state index contributed by atoms with van der Waals surface area (Å²) >= 11 is 1.46. The van der Waals surface area contributed by atoms with Gasteiger partial charge in [-0.15, -0.1) is 10.2 Å². The first kappa shape index (κ1) is 16.5. The summed E-state index contributed by atoms with van der Waals surface area (Å²) in [5.41, 5.74) is 1.32. The van der Waals surface area contributed by atoms with E-state index in [-0.39, 0.29) is 5.75 Å². The van der Waals surface area contributed by atoms with Gasteiger partial charge in [-0.1, -0.05) is 11.8 Å². The van der Waals surface area contributed by atoms with E-state index in [9.17, 15) is 9.90 Å². The predicted octanol–water partition coefficient (Wildman–Crippen LogP) is 3.49. The van der Waals surface area contributed by atoms with Crippen LogP contribution in [0.4, 0.5) is 0 Å². The molecule has 1 N–H and O–H groups in total. The van der Waals surface area contributed by atoms with Crippen molar-refractivity contribution in [3.05, 3.63) is 58.1 Å². The fourth-order valence-electron chi connectivity index (χ4n) is 2.74. The zero-order chi connectivity index (χ0) is 18.3. The van der Waals surface area contributed by atoms with Crippen molar-refractivity contribution in [1.82, 2.24) is 14.8 Å². The monoisotopic (exact) mass is 369 g/mol. The van der Waals surface area contributed by atoms with Crippen molar-refractivity contribution in [3.63, 3.8) is 0 Å². The number of phenols is 1. The molecule has 0 amide bonds. The number of thioether (sulfide) groups is 1. The first-order chi connectivity index (χ1) is 12.5. The third-order valence-electron chi connectivity index (χ3n) is 4.15. The summed E-state index contributed by atoms with van der Waals surface area (Å²) in [5.74, 6) is 1.89. The highest BCUT2D eigenvalue weighted by atomic mass is 32.2. The zero-order valence-corrected chi connectivity index (χ0v) is 14.9. The summed E-state index contributed by atoms with van der Waals surface area (Å²) in [4.78, 5) is 11.9. The molecule has 3 aromatic heterocycles. The molecule has 132 valence electrons. The number of nitrogens with zero attached hydrogens (tertiary/aromatic N) is 3. The van der Waals surface area contributed by atoms with E-state index in [1.807, 2.05) is 17.7 Å². The molecule has 4 aromatic rings. The molecule has 26 heavy (non-hydrogen) atoms. The standard InChI is InChI=1S/C18H15N3O4S/c1-10-13(22)6-5-12-11(8-15(23)25-16(10)12)9-26-18-20-19-17(21(18)2)14-4-3-7-24-14/h3-8,22H,9H2,1-2H3. The van der Waals surface area contributed by atoms with Crippen LogP contribution in [0.25, 0.3) is 22.6 Å². The molecule has 0 radical (unpaired) electrons. The molecule has 8 heteroatoms. The van der Waals surface area contributed by atoms with Crippen LogP contribution in [0.2, 0.25) is 0 Å². The molecular formula is C18H15N3O4S. The summed E-state index contributed by atoms with van der Waals surface area (Å²) in [6, 6.07) is 8.44. The second-order valence-electron chi connectivity index (χ2n) is 5.81. The number of hydrogen-bond donors (Lipinski definition) is 1. The van der Waals surface area contributed by atoms with E-state index in [2.05, 4.69) is 10.2 Å². The topological polar surface area (TPSA) is 94.3 Å². The van der Waals surface area contributed by atoms with E-state index >= 15 is 0 Å². The highest BCUT2D eigenvalue weighted by Gasteiger charge is 2.15. The van der Waals surface area contributed by atoms with E-state index in [4.69, 9.17) is 8.83 Å². The molecule has 0 spiro atoms. The molecule has 0 aliphatic rings. The van der Waals surface area contributed by atoms with E-state index < -0.39 is 5.63 Å². The summed E-state index contributed by atoms with van der Waals surface area (Å²) in [5, 5.41) is 19.7. The van der Waals surface area contributed by atoms with Crippen LogP contribution in [-0.4, -0.2) is 19.9 Å². The minimum absolute atomic E-state index is 0.0989. The molecule has 0 saturated heterocycles. The van der Waals surface area contributed by atoms with E-state index in [0.29, 0.717) is 33.6 Å². The second kappa shape index (κ2) is 6.38. The third-order valence-corrected chi connectivity index (χ3v) is 5.22. The van der Waals surface area contributed by atoms with Gasteiger partial charge < -0.3 is 18.5 Å². The number of aromatic nitrogens is 3. The van der Waals surface area contributed by atoms with Crippen LogP contribution in [0.3, 0.4) is 0 Å². The number of furan rings is 1. The molecule has 0 bridgehead atoms. The lowest BCUT2D eigenvalue weighted by atomic mass is 10.1. The summed E-state index contributed by atoms with van der Waals surface area (Å²) in [6.45, 7) is 1.72. The fraction of sp³-hybridized carbons (Fsp3) is 0.167. The molecule has 0 unspecified atom stereocenters. The smallest absolute Gasteiger partial charge is 0.336 e. The van der Waals surface area contributed by atoms with Crippen molar-refractivity contribution >= 4 is 22.7 Å². The molecule has 4 rings (SSSR count). The number of aryl methyl sites for hydroxylation is 1. The number of benzene rings is 1. The Morgan fingerprint density at radius 2 is 2.12 bits per heavy atom. The minimum Gasteiger partial charge on any atom is -0.508 e. The van der Waals surface area contributed by atoms with Gasteiger partial charge in [0.1, 0.15) is 11.3 Å². The highest BCUT2D eigenvalue weighted by molar-refractivity contribution is 7.98. The summed E-state index contributed by atoms with van der Waals surface area (Å²) < 4.78 is 12.5. The Labute approximate surface area is 152 Å². The SMILES string of the molecule is Cc1c(O)ccc2c(CSc3nnc(-c4ccco4)n3C)cc(=O)oc12. The van der Waals surface area contributed by atoms with Crippen molar-refractivity contribution in [2.24, 2.45) is 7.05 Å². The second-order valence-corrected chi connectivity index (χ2v) is 6.75. The first-order valence-electron chi connectivity index (χ1n) is 7.86. The Kier molecular flexibility index (Phi) is 4.04. The van der Waals surface area contributed by atoms with Gasteiger partial charge in [0.05, 0.1) is 6.26 Å². The lowest BCUT2D eigenvalue weighted by Gasteiger charge is -2.08. The Bertz CT molecular complexity index is 1150. The van der Waals surface area contributed by atoms with Gasteiger partial charge >= 0.3 is 5.63 Å². The number of rotatable bonds is 4. The van der Waals surface area contributed by atoms with Gasteiger partial charge in [-0.2, -0.15) is 0 Å². The van der Waals surface area contributed by atoms with Gasteiger partial charge in [-0.25, -0.2) is 4.79 Å². The van der Waals surface area contributed by atoms with Crippen LogP contribution in [0.1, 0.15) is 11.1 Å². The Morgan fingerprint density at radius 3 is 2.88 bits per heavy atom. The van der Waals surface area contributed by atoms with Gasteiger partial charge in [0, 0.05) is 29.8 Å². The molecular weight excluding hydrogens is 354 g/mol. The highest BCUT2D eigenvalue weighted by Crippen LogP contribution is 2.31. The fourth-order valence-corrected chi connectivity index (χ4v) is 3.64.